The smallest absolute Gasteiger partial charge is 0.247 e. The lowest BCUT2D eigenvalue weighted by Crippen LogP contribution is -1.91. The van der Waals surface area contributed by atoms with Gasteiger partial charge in [0.15, 0.2) is 11.6 Å². The van der Waals surface area contributed by atoms with Gasteiger partial charge in [-0.1, -0.05) is 5.16 Å². The van der Waals surface area contributed by atoms with Crippen LogP contribution in [0.15, 0.2) is 51.4 Å². The van der Waals surface area contributed by atoms with Crippen LogP contribution in [0, 0.1) is 5.82 Å². The molecule has 0 radical (unpaired) electrons. The first-order valence-corrected chi connectivity index (χ1v) is 8.29. The monoisotopic (exact) mass is 382 g/mol. The number of hydrogen-bond donors (Lipinski definition) is 0. The zero-order chi connectivity index (χ0) is 19.5. The van der Waals surface area contributed by atoms with Gasteiger partial charge >= 0.3 is 0 Å². The summed E-state index contributed by atoms with van der Waals surface area (Å²) in [5.41, 5.74) is 1.23. The lowest BCUT2D eigenvalue weighted by atomic mass is 10.2. The number of benzene rings is 2. The Morgan fingerprint density at radius 2 is 1.71 bits per heavy atom. The second kappa shape index (κ2) is 7.47. The van der Waals surface area contributed by atoms with E-state index in [-0.39, 0.29) is 23.9 Å². The van der Waals surface area contributed by atoms with E-state index in [1.807, 2.05) is 12.1 Å². The maximum Gasteiger partial charge on any atom is 0.247 e. The van der Waals surface area contributed by atoms with Gasteiger partial charge in [0.1, 0.15) is 12.2 Å². The van der Waals surface area contributed by atoms with E-state index in [9.17, 15) is 4.39 Å². The second-order valence-corrected chi connectivity index (χ2v) is 5.77. The highest BCUT2D eigenvalue weighted by Crippen LogP contribution is 2.25. The van der Waals surface area contributed by atoms with Crippen LogP contribution in [0.3, 0.4) is 0 Å². The summed E-state index contributed by atoms with van der Waals surface area (Å²) in [4.78, 5) is 4.25. The highest BCUT2D eigenvalue weighted by Gasteiger charge is 2.15. The van der Waals surface area contributed by atoms with Gasteiger partial charge in [0.05, 0.1) is 14.2 Å². The van der Waals surface area contributed by atoms with Crippen molar-refractivity contribution >= 4 is 0 Å². The van der Waals surface area contributed by atoms with Crippen molar-refractivity contribution in [1.29, 1.82) is 0 Å². The molecule has 4 aromatic rings. The molecule has 0 spiro atoms. The number of aromatic nitrogens is 4. The Morgan fingerprint density at radius 1 is 0.929 bits per heavy atom. The molecule has 0 atom stereocenters. The van der Waals surface area contributed by atoms with Crippen LogP contribution in [0.4, 0.5) is 4.39 Å². The van der Waals surface area contributed by atoms with E-state index in [1.165, 1.54) is 19.2 Å². The summed E-state index contributed by atoms with van der Waals surface area (Å²) < 4.78 is 34.7. The number of hydrogen-bond acceptors (Lipinski definition) is 8. The summed E-state index contributed by atoms with van der Waals surface area (Å²) in [6.45, 7) is 0. The van der Waals surface area contributed by atoms with E-state index in [0.29, 0.717) is 17.3 Å². The highest BCUT2D eigenvalue weighted by molar-refractivity contribution is 5.56. The quantitative estimate of drug-likeness (QED) is 0.500. The Labute approximate surface area is 158 Å². The minimum absolute atomic E-state index is 0.143. The molecule has 0 fully saturated rings. The summed E-state index contributed by atoms with van der Waals surface area (Å²) in [5.74, 6) is 1.59. The molecule has 0 aliphatic carbocycles. The Balaban J connectivity index is 1.50. The number of rotatable bonds is 6. The van der Waals surface area contributed by atoms with Crippen molar-refractivity contribution in [2.45, 2.75) is 6.42 Å². The summed E-state index contributed by atoms with van der Waals surface area (Å²) in [5, 5.41) is 11.9. The van der Waals surface area contributed by atoms with E-state index >= 15 is 0 Å². The zero-order valence-electron chi connectivity index (χ0n) is 15.0. The Bertz CT molecular complexity index is 1090. The first-order chi connectivity index (χ1) is 13.7. The van der Waals surface area contributed by atoms with Crippen molar-refractivity contribution in [2.75, 3.05) is 14.2 Å². The fourth-order valence-corrected chi connectivity index (χ4v) is 2.55. The van der Waals surface area contributed by atoms with E-state index in [4.69, 9.17) is 18.4 Å². The van der Waals surface area contributed by atoms with Gasteiger partial charge in [0, 0.05) is 11.1 Å². The molecule has 2 heterocycles. The van der Waals surface area contributed by atoms with Gasteiger partial charge in [-0.15, -0.1) is 10.2 Å². The number of halogens is 1. The molecule has 0 bridgehead atoms. The molecule has 0 N–H and O–H groups in total. The van der Waals surface area contributed by atoms with Crippen LogP contribution in [0.25, 0.3) is 22.8 Å². The van der Waals surface area contributed by atoms with Crippen molar-refractivity contribution in [3.05, 3.63) is 60.1 Å². The van der Waals surface area contributed by atoms with E-state index < -0.39 is 5.82 Å². The largest absolute Gasteiger partial charge is 0.497 e. The van der Waals surface area contributed by atoms with Gasteiger partial charge in [0.2, 0.25) is 23.5 Å². The zero-order valence-corrected chi connectivity index (χ0v) is 15.0. The molecule has 2 aromatic carbocycles. The summed E-state index contributed by atoms with van der Waals surface area (Å²) in [6.07, 6.45) is 0.161. The predicted molar refractivity (Wildman–Crippen MR) is 95.3 cm³/mol. The lowest BCUT2D eigenvalue weighted by molar-refractivity contribution is 0.373. The molecule has 0 saturated carbocycles. The molecular formula is C19H15FN4O4. The number of nitrogens with zero attached hydrogens (tertiary/aromatic N) is 4. The molecule has 9 heteroatoms. The van der Waals surface area contributed by atoms with Gasteiger partial charge in [-0.05, 0) is 42.5 Å². The van der Waals surface area contributed by atoms with E-state index in [2.05, 4.69) is 20.3 Å². The Morgan fingerprint density at radius 3 is 2.43 bits per heavy atom. The molecule has 0 amide bonds. The van der Waals surface area contributed by atoms with Crippen molar-refractivity contribution in [3.8, 4) is 34.3 Å². The molecule has 2 aromatic heterocycles. The maximum absolute atomic E-state index is 13.8. The van der Waals surface area contributed by atoms with Gasteiger partial charge in [-0.25, -0.2) is 4.39 Å². The maximum atomic E-state index is 13.8. The molecule has 142 valence electrons. The van der Waals surface area contributed by atoms with Crippen LogP contribution in [-0.4, -0.2) is 34.6 Å². The molecular weight excluding hydrogens is 367 g/mol. The van der Waals surface area contributed by atoms with Crippen LogP contribution in [0.1, 0.15) is 11.8 Å². The van der Waals surface area contributed by atoms with Crippen LogP contribution >= 0.6 is 0 Å². The predicted octanol–water partition coefficient (Wildman–Crippen LogP) is 3.53. The average Bonchev–Trinajstić information content (AvgIpc) is 3.38. The summed E-state index contributed by atoms with van der Waals surface area (Å²) in [6, 6.07) is 11.7. The van der Waals surface area contributed by atoms with Gasteiger partial charge < -0.3 is 18.4 Å². The molecule has 28 heavy (non-hydrogen) atoms. The van der Waals surface area contributed by atoms with Crippen molar-refractivity contribution in [1.82, 2.24) is 20.3 Å². The van der Waals surface area contributed by atoms with Crippen LogP contribution < -0.4 is 9.47 Å². The number of methoxy groups -OCH3 is 2. The average molecular weight is 382 g/mol. The van der Waals surface area contributed by atoms with Crippen LogP contribution in [-0.2, 0) is 6.42 Å². The third kappa shape index (κ3) is 3.54. The first kappa shape index (κ1) is 17.7. The topological polar surface area (TPSA) is 96.3 Å². The third-order valence-electron chi connectivity index (χ3n) is 3.98. The fraction of sp³-hybridized carbons (Fsp3) is 0.158. The van der Waals surface area contributed by atoms with Crippen molar-refractivity contribution in [2.24, 2.45) is 0 Å². The van der Waals surface area contributed by atoms with E-state index in [1.54, 1.807) is 25.3 Å². The first-order valence-electron chi connectivity index (χ1n) is 8.29. The van der Waals surface area contributed by atoms with Crippen LogP contribution in [0.2, 0.25) is 0 Å². The molecule has 0 unspecified atom stereocenters. The summed E-state index contributed by atoms with van der Waals surface area (Å²) in [7, 11) is 2.99. The minimum Gasteiger partial charge on any atom is -0.497 e. The van der Waals surface area contributed by atoms with Gasteiger partial charge in [-0.2, -0.15) is 4.98 Å². The minimum atomic E-state index is -0.507. The highest BCUT2D eigenvalue weighted by atomic mass is 19.1. The van der Waals surface area contributed by atoms with Crippen molar-refractivity contribution in [3.63, 3.8) is 0 Å². The lowest BCUT2D eigenvalue weighted by Gasteiger charge is -2.01. The molecule has 0 aliphatic heterocycles. The molecule has 8 nitrogen and oxygen atoms in total. The van der Waals surface area contributed by atoms with Gasteiger partial charge in [0.25, 0.3) is 0 Å². The Kier molecular flexibility index (Phi) is 4.71. The molecule has 0 aliphatic rings. The van der Waals surface area contributed by atoms with Crippen LogP contribution in [0.5, 0.6) is 11.5 Å². The standard InChI is InChI=1S/C19H15FN4O4/c1-25-13-6-3-11(4-7-13)19-23-22-17(27-19)10-16-21-18(24-28-16)12-5-8-15(26-2)14(20)9-12/h3-9H,10H2,1-2H3. The molecule has 0 saturated heterocycles. The Hall–Kier alpha value is -3.75. The molecule has 4 rings (SSSR count). The SMILES string of the molecule is COc1ccc(-c2nnc(Cc3nc(-c4ccc(OC)c(F)c4)no3)o2)cc1. The third-order valence-corrected chi connectivity index (χ3v) is 3.98. The van der Waals surface area contributed by atoms with E-state index in [0.717, 1.165) is 11.3 Å². The van der Waals surface area contributed by atoms with Crippen molar-refractivity contribution < 1.29 is 22.8 Å². The van der Waals surface area contributed by atoms with Gasteiger partial charge in [-0.3, -0.25) is 0 Å². The normalized spacial score (nSPS) is 10.8. The summed E-state index contributed by atoms with van der Waals surface area (Å²) >= 11 is 0. The fourth-order valence-electron chi connectivity index (χ4n) is 2.55. The number of ether oxygens (including phenoxy) is 2. The second-order valence-electron chi connectivity index (χ2n) is 5.77.